The number of fused-ring (bicyclic) bond motifs is 3. The molecule has 0 aromatic heterocycles. The predicted molar refractivity (Wildman–Crippen MR) is 331 cm³/mol. The van der Waals surface area contributed by atoms with Crippen LogP contribution in [0.2, 0.25) is 0 Å². The highest BCUT2D eigenvalue weighted by Crippen LogP contribution is 2.36. The van der Waals surface area contributed by atoms with Gasteiger partial charge >= 0.3 is 36.0 Å². The largest absolute Gasteiger partial charge is 0.498 e. The van der Waals surface area contributed by atoms with Crippen LogP contribution in [0, 0.1) is 17.8 Å². The molecule has 6 aliphatic heterocycles. The Morgan fingerprint density at radius 3 is 1.35 bits per heavy atom. The SMILES string of the molecule is CCOC1=CC(=O)C(CCCO)CC1.CCOC1=CC(=O)C(CCOC(=O)CCCC[C@@H]2SC[C@@H]3NC(=O)N[C@@H]32)CC1.Cl.O=C(O)CCCC[C@@H]1SC[C@@H]2NC(=O)N[C@@H]21.O=C1CCC(CCCOC(=O)CCCC[C@@H]2SC[C@@H]3NC(=O)N[C@@H]32)C(=O)C1. The minimum atomic E-state index is -0.729. The lowest BCUT2D eigenvalue weighted by molar-refractivity contribution is -0.145. The number of ketones is 4. The van der Waals surface area contributed by atoms with Gasteiger partial charge in [0.05, 0.1) is 80.6 Å². The number of nitrogens with one attached hydrogen (secondary N) is 6. The Bertz CT molecular complexity index is 2350. The van der Waals surface area contributed by atoms with E-state index >= 15 is 0 Å². The zero-order valence-electron chi connectivity index (χ0n) is 50.0. The predicted octanol–water partition coefficient (Wildman–Crippen LogP) is 7.40. The highest BCUT2D eigenvalue weighted by Gasteiger charge is 2.45. The molecule has 3 aliphatic carbocycles. The van der Waals surface area contributed by atoms with Crippen molar-refractivity contribution in [3.05, 3.63) is 23.7 Å². The molecule has 0 radical (unpaired) electrons. The molecule has 6 heterocycles. The summed E-state index contributed by atoms with van der Waals surface area (Å²) < 4.78 is 21.3. The molecule has 0 spiro atoms. The summed E-state index contributed by atoms with van der Waals surface area (Å²) in [5, 5.41) is 36.1. The summed E-state index contributed by atoms with van der Waals surface area (Å²) in [6.07, 6.45) is 20.3. The number of ether oxygens (including phenoxy) is 4. The van der Waals surface area contributed by atoms with E-state index in [2.05, 4.69) is 31.9 Å². The number of halogens is 1. The molecule has 12 atom stereocenters. The summed E-state index contributed by atoms with van der Waals surface area (Å²) in [5.74, 6) is 3.66. The average molecular weight is 1290 g/mol. The number of hydrogen-bond donors (Lipinski definition) is 8. The van der Waals surface area contributed by atoms with E-state index in [9.17, 15) is 47.9 Å². The van der Waals surface area contributed by atoms with E-state index in [0.29, 0.717) is 93.5 Å². The number of aliphatic hydroxyl groups excluding tert-OH is 1. The van der Waals surface area contributed by atoms with Crippen molar-refractivity contribution in [1.82, 2.24) is 31.9 Å². The lowest BCUT2D eigenvalue weighted by Crippen LogP contribution is -2.36. The number of carboxylic acid groups (broad SMARTS) is 1. The standard InChI is InChI=1S/C20H30N2O5S.C19H28N2O5S.C11H18O3.C10H16N2O3S.ClH/c1-2-26-14-8-7-13(16(23)11-14)9-10-27-18(24)6-4-3-5-17-19-15(12-28-17)21-20(25)22-19;22-13-8-7-12(15(23)10-13)4-3-9-26-17(24)6-2-1-5-16-18-14(11-27-16)20-19(25)21-18;1-2-14-10-6-5-9(4-3-7-12)11(13)8-10;13-8(14)4-2-1-3-7-9-6(5-16-7)11-10(15)12-9;/h11,13,15,17,19H,2-10,12H2,1H3,(H2,21,22,25);12,14,16,18H,1-11H2,(H2,20,21,25);8-9,12H,2-7H2,1H3;6-7,9H,1-5H2,(H,13,14)(H2,11,12,15);1H/t13?,15-,17-,19-;12?,14-,16-,18-;;6-,7-,9-;/m00.0./s1. The van der Waals surface area contributed by atoms with Crippen LogP contribution in [-0.4, -0.2) is 172 Å². The van der Waals surface area contributed by atoms with Crippen LogP contribution >= 0.6 is 47.7 Å². The van der Waals surface area contributed by atoms with Crippen molar-refractivity contribution in [2.24, 2.45) is 17.8 Å². The topological polar surface area (TPSA) is 320 Å². The molecule has 3 unspecified atom stereocenters. The van der Waals surface area contributed by atoms with Crippen molar-refractivity contribution in [1.29, 1.82) is 0 Å². The number of carboxylic acids is 1. The van der Waals surface area contributed by atoms with Gasteiger partial charge in [0, 0.05) is 108 Å². The van der Waals surface area contributed by atoms with Gasteiger partial charge in [-0.3, -0.25) is 33.6 Å². The van der Waals surface area contributed by atoms with E-state index in [0.717, 1.165) is 119 Å². The molecule has 22 nitrogen and oxygen atoms in total. The summed E-state index contributed by atoms with van der Waals surface area (Å²) >= 11 is 5.64. The third-order valence-electron chi connectivity index (χ3n) is 16.7. The summed E-state index contributed by atoms with van der Waals surface area (Å²) in [6.45, 7) is 5.84. The summed E-state index contributed by atoms with van der Waals surface area (Å²) in [6, 6.07) is 1.23. The molecule has 8 N–H and O–H groups in total. The number of carbonyl (C=O) groups excluding carboxylic acids is 9. The van der Waals surface area contributed by atoms with Gasteiger partial charge in [-0.15, -0.1) is 12.4 Å². The van der Waals surface area contributed by atoms with E-state index in [1.54, 1.807) is 12.2 Å². The lowest BCUT2D eigenvalue weighted by atomic mass is 9.84. The molecule has 86 heavy (non-hydrogen) atoms. The number of unbranched alkanes of at least 4 members (excludes halogenated alkanes) is 3. The van der Waals surface area contributed by atoms with E-state index < -0.39 is 5.97 Å². The van der Waals surface area contributed by atoms with Crippen molar-refractivity contribution in [2.45, 2.75) is 220 Å². The van der Waals surface area contributed by atoms with Crippen molar-refractivity contribution >= 4 is 107 Å². The smallest absolute Gasteiger partial charge is 0.315 e. The normalized spacial score (nSPS) is 28.4. The monoisotopic (exact) mass is 1280 g/mol. The van der Waals surface area contributed by atoms with Crippen LogP contribution in [0.3, 0.4) is 0 Å². The van der Waals surface area contributed by atoms with Gasteiger partial charge in [-0.2, -0.15) is 35.3 Å². The van der Waals surface area contributed by atoms with Crippen molar-refractivity contribution in [2.75, 3.05) is 50.3 Å². The highest BCUT2D eigenvalue weighted by atomic mass is 35.5. The van der Waals surface area contributed by atoms with Crippen LogP contribution in [0.15, 0.2) is 23.7 Å². The summed E-state index contributed by atoms with van der Waals surface area (Å²) in [4.78, 5) is 114. The van der Waals surface area contributed by atoms with Crippen LogP contribution in [-0.2, 0) is 52.5 Å². The first kappa shape index (κ1) is 72.0. The number of thioether (sulfide) groups is 3. The van der Waals surface area contributed by atoms with Crippen LogP contribution in [0.5, 0.6) is 0 Å². The summed E-state index contributed by atoms with van der Waals surface area (Å²) in [7, 11) is 0. The molecule has 0 bridgehead atoms. The van der Waals surface area contributed by atoms with E-state index in [-0.39, 0.29) is 139 Å². The van der Waals surface area contributed by atoms with Gasteiger partial charge in [-0.05, 0) is 104 Å². The molecule has 1 saturated carbocycles. The minimum absolute atomic E-state index is 0. The Hall–Kier alpha value is -4.72. The van der Waals surface area contributed by atoms with Gasteiger partial charge in [-0.1, -0.05) is 19.3 Å². The Morgan fingerprint density at radius 2 is 0.930 bits per heavy atom. The van der Waals surface area contributed by atoms with Gasteiger partial charge < -0.3 is 61.1 Å². The number of Topliss-reactive ketones (excluding diaryl/α,β-unsaturated/α-hetero) is 2. The summed E-state index contributed by atoms with van der Waals surface area (Å²) in [5.41, 5.74) is 0. The number of esters is 2. The molecule has 0 aromatic rings. The molecule has 7 fully saturated rings. The number of hydrogen-bond acceptors (Lipinski definition) is 18. The number of aliphatic carboxylic acids is 1. The average Bonchev–Trinajstić information content (AvgIpc) is 2.21. The maximum atomic E-state index is 12.1. The Morgan fingerprint density at radius 1 is 0.512 bits per heavy atom. The molecule has 9 aliphatic rings. The third kappa shape index (κ3) is 24.3. The number of urea groups is 3. The first-order valence-electron chi connectivity index (χ1n) is 31.0. The Balaban J connectivity index is 0.000000217. The van der Waals surface area contributed by atoms with Crippen molar-refractivity contribution < 1.29 is 77.1 Å². The Kier molecular flexibility index (Phi) is 32.4. The number of aliphatic hydroxyl groups is 1. The molecule has 6 saturated heterocycles. The number of amides is 6. The fraction of sp³-hybridized carbons (Fsp3) is 0.767. The maximum absolute atomic E-state index is 12.1. The second-order valence-corrected chi connectivity index (χ2v) is 26.8. The second-order valence-electron chi connectivity index (χ2n) is 23.0. The number of carbonyl (C=O) groups is 10. The minimum Gasteiger partial charge on any atom is -0.498 e. The molecule has 0 aromatic carbocycles. The van der Waals surface area contributed by atoms with Crippen LogP contribution in [0.25, 0.3) is 0 Å². The Labute approximate surface area is 524 Å². The zero-order valence-corrected chi connectivity index (χ0v) is 53.2. The van der Waals surface area contributed by atoms with Crippen molar-refractivity contribution in [3.63, 3.8) is 0 Å². The van der Waals surface area contributed by atoms with E-state index in [1.807, 2.05) is 49.1 Å². The molecule has 9 rings (SSSR count). The fourth-order valence-corrected chi connectivity index (χ4v) is 16.7. The number of rotatable bonds is 29. The van der Waals surface area contributed by atoms with E-state index in [1.165, 1.54) is 0 Å². The lowest BCUT2D eigenvalue weighted by Gasteiger charge is -2.20. The van der Waals surface area contributed by atoms with Gasteiger partial charge in [0.2, 0.25) is 0 Å². The van der Waals surface area contributed by atoms with Gasteiger partial charge in [0.15, 0.2) is 11.6 Å². The molecule has 484 valence electrons. The van der Waals surface area contributed by atoms with Gasteiger partial charge in [-0.25, -0.2) is 14.4 Å². The second kappa shape index (κ2) is 38.6. The van der Waals surface area contributed by atoms with Crippen molar-refractivity contribution in [3.8, 4) is 0 Å². The third-order valence-corrected chi connectivity index (χ3v) is 21.3. The zero-order chi connectivity index (χ0) is 61.1. The first-order valence-corrected chi connectivity index (χ1v) is 34.2. The highest BCUT2D eigenvalue weighted by molar-refractivity contribution is 8.00. The molecular weight excluding hydrogens is 1190 g/mol. The molecular formula is C60H93ClN6O16S3. The first-order chi connectivity index (χ1) is 41.0. The van der Waals surface area contributed by atoms with Crippen LogP contribution < -0.4 is 31.9 Å². The van der Waals surface area contributed by atoms with Crippen LogP contribution in [0.1, 0.15) is 168 Å². The van der Waals surface area contributed by atoms with Crippen LogP contribution in [0.4, 0.5) is 14.4 Å². The molecule has 26 heteroatoms. The van der Waals surface area contributed by atoms with Gasteiger partial charge in [0.25, 0.3) is 0 Å². The quantitative estimate of drug-likeness (QED) is 0.0156. The number of allylic oxidation sites excluding steroid dienone is 4. The maximum Gasteiger partial charge on any atom is 0.315 e. The fourth-order valence-electron chi connectivity index (χ4n) is 12.1. The van der Waals surface area contributed by atoms with Gasteiger partial charge in [0.1, 0.15) is 11.6 Å². The van der Waals surface area contributed by atoms with E-state index in [4.69, 9.17) is 29.2 Å². The molecule has 6 amide bonds.